The Hall–Kier alpha value is -2.28. The number of aromatic nitrogens is 2. The van der Waals surface area contributed by atoms with Gasteiger partial charge in [-0.05, 0) is 6.92 Å². The van der Waals surface area contributed by atoms with E-state index in [-0.39, 0.29) is 16.6 Å². The van der Waals surface area contributed by atoms with Gasteiger partial charge in [0.1, 0.15) is 16.9 Å². The number of fused-ring (bicyclic) bond motifs is 2. The van der Waals surface area contributed by atoms with Crippen LogP contribution in [-0.2, 0) is 19.6 Å². The van der Waals surface area contributed by atoms with Crippen LogP contribution in [0.5, 0.6) is 0 Å². The number of carboxylic acids is 1. The molecule has 0 radical (unpaired) electrons. The number of sulfonamides is 1. The number of β-lactam (4-membered cyclic amide) rings is 1. The Morgan fingerprint density at radius 3 is 2.59 bits per heavy atom. The molecule has 156 valence electrons. The number of rotatable bonds is 5. The van der Waals surface area contributed by atoms with E-state index in [4.69, 9.17) is 0 Å². The normalized spacial score (nSPS) is 25.7. The van der Waals surface area contributed by atoms with E-state index < -0.39 is 40.0 Å². The number of hydrogen-bond acceptors (Lipinski definition) is 7. The van der Waals surface area contributed by atoms with Crippen LogP contribution in [0.15, 0.2) is 23.2 Å². The fourth-order valence-corrected chi connectivity index (χ4v) is 6.55. The van der Waals surface area contributed by atoms with Gasteiger partial charge >= 0.3 is 5.97 Å². The summed E-state index contributed by atoms with van der Waals surface area (Å²) in [6.07, 6.45) is 2.11. The summed E-state index contributed by atoms with van der Waals surface area (Å²) in [6.45, 7) is 3.33. The van der Waals surface area contributed by atoms with Gasteiger partial charge in [0.05, 0.1) is 22.9 Å². The second-order valence-electron chi connectivity index (χ2n) is 7.47. The molecular weight excluding hydrogens is 420 g/mol. The molecule has 1 fully saturated rings. The summed E-state index contributed by atoms with van der Waals surface area (Å²) in [6, 6.07) is -0.437. The lowest BCUT2D eigenvalue weighted by molar-refractivity contribution is -0.163. The molecule has 0 aliphatic carbocycles. The number of carbonyl (C=O) groups is 2. The van der Waals surface area contributed by atoms with Gasteiger partial charge in [0.25, 0.3) is 10.0 Å². The van der Waals surface area contributed by atoms with Crippen molar-refractivity contribution in [1.82, 2.24) is 18.6 Å². The minimum atomic E-state index is -3.77. The van der Waals surface area contributed by atoms with Crippen molar-refractivity contribution in [1.29, 1.82) is 0 Å². The second-order valence-corrected chi connectivity index (χ2v) is 10.6. The molecule has 1 amide bonds. The van der Waals surface area contributed by atoms with E-state index in [1.54, 1.807) is 10.6 Å². The molecule has 0 saturated carbocycles. The summed E-state index contributed by atoms with van der Waals surface area (Å²) >= 11 is 1.11. The fraction of sp³-hybridized carbons (Fsp3) is 0.471. The Kier molecular flexibility index (Phi) is 4.39. The van der Waals surface area contributed by atoms with Crippen LogP contribution in [0.25, 0.3) is 10.4 Å². The predicted octanol–water partition coefficient (Wildman–Crippen LogP) is 0.299. The Morgan fingerprint density at radius 1 is 1.38 bits per heavy atom. The molecule has 0 aromatic carbocycles. The Morgan fingerprint density at radius 2 is 2.03 bits per heavy atom. The molecule has 2 aromatic rings. The van der Waals surface area contributed by atoms with Crippen molar-refractivity contribution >= 4 is 43.6 Å². The molecule has 1 unspecified atom stereocenters. The van der Waals surface area contributed by atoms with Gasteiger partial charge in [0.2, 0.25) is 10.9 Å². The molecule has 4 heterocycles. The first kappa shape index (κ1) is 20.0. The highest BCUT2D eigenvalue weighted by atomic mass is 32.2. The summed E-state index contributed by atoms with van der Waals surface area (Å²) in [7, 11) is -0.953. The molecule has 2 aliphatic heterocycles. The van der Waals surface area contributed by atoms with E-state index >= 15 is 0 Å². The van der Waals surface area contributed by atoms with Gasteiger partial charge in [0.15, 0.2) is 0 Å². The second kappa shape index (κ2) is 6.36. The van der Waals surface area contributed by atoms with Crippen molar-refractivity contribution < 1.29 is 28.2 Å². The van der Waals surface area contributed by atoms with Crippen LogP contribution in [0, 0.1) is 11.8 Å². The van der Waals surface area contributed by atoms with Crippen LogP contribution in [-0.4, -0.2) is 75.3 Å². The first-order valence-electron chi connectivity index (χ1n) is 8.86. The molecule has 0 bridgehead atoms. The van der Waals surface area contributed by atoms with Crippen molar-refractivity contribution in [2.45, 2.75) is 31.0 Å². The van der Waals surface area contributed by atoms with Crippen molar-refractivity contribution in [3.8, 4) is 0 Å². The maximum absolute atomic E-state index is 12.5. The zero-order valence-electron chi connectivity index (χ0n) is 16.1. The summed E-state index contributed by atoms with van der Waals surface area (Å²) in [5, 5.41) is 19.6. The van der Waals surface area contributed by atoms with Gasteiger partial charge in [-0.3, -0.25) is 9.20 Å². The van der Waals surface area contributed by atoms with Gasteiger partial charge < -0.3 is 15.1 Å². The van der Waals surface area contributed by atoms with Gasteiger partial charge in [-0.1, -0.05) is 6.92 Å². The molecule has 4 atom stereocenters. The molecule has 2 aromatic heterocycles. The summed E-state index contributed by atoms with van der Waals surface area (Å²) in [5.41, 5.74) is 0.347. The number of carbonyl (C=O) groups excluding carboxylic acids is 1. The molecule has 29 heavy (non-hydrogen) atoms. The zero-order chi connectivity index (χ0) is 21.4. The van der Waals surface area contributed by atoms with E-state index in [2.05, 4.69) is 4.98 Å². The number of amides is 1. The van der Waals surface area contributed by atoms with Crippen LogP contribution < -0.4 is 0 Å². The number of aliphatic hydroxyl groups is 1. The third-order valence-corrected chi connectivity index (χ3v) is 8.57. The zero-order valence-corrected chi connectivity index (χ0v) is 17.7. The molecule has 2 N–H and O–H groups in total. The molecule has 12 heteroatoms. The minimum absolute atomic E-state index is 0.108. The fourth-order valence-electron chi connectivity index (χ4n) is 4.15. The first-order valence-corrected chi connectivity index (χ1v) is 11.1. The quantitative estimate of drug-likeness (QED) is 0.639. The molecule has 1 saturated heterocycles. The smallest absolute Gasteiger partial charge is 0.352 e. The average molecular weight is 441 g/mol. The average Bonchev–Trinajstić information content (AvgIpc) is 3.23. The topological polar surface area (TPSA) is 133 Å². The van der Waals surface area contributed by atoms with Crippen LogP contribution >= 0.6 is 11.3 Å². The van der Waals surface area contributed by atoms with Crippen molar-refractivity contribution in [3.05, 3.63) is 23.1 Å². The van der Waals surface area contributed by atoms with E-state index in [9.17, 15) is 28.2 Å². The number of thiazole rings is 1. The van der Waals surface area contributed by atoms with Crippen molar-refractivity contribution in [2.24, 2.45) is 11.8 Å². The van der Waals surface area contributed by atoms with Gasteiger partial charge in [-0.25, -0.2) is 22.5 Å². The highest BCUT2D eigenvalue weighted by molar-refractivity contribution is 7.89. The first-order chi connectivity index (χ1) is 13.5. The van der Waals surface area contributed by atoms with Crippen LogP contribution in [0.4, 0.5) is 0 Å². The number of carboxylic acid groups (broad SMARTS) is 1. The lowest BCUT2D eigenvalue weighted by atomic mass is 9.77. The summed E-state index contributed by atoms with van der Waals surface area (Å²) < 4.78 is 27.6. The van der Waals surface area contributed by atoms with E-state index in [0.29, 0.717) is 15.3 Å². The number of hydrogen-bond donors (Lipinski definition) is 2. The largest absolute Gasteiger partial charge is 0.477 e. The third-order valence-electron chi connectivity index (χ3n) is 5.54. The van der Waals surface area contributed by atoms with Gasteiger partial charge in [0, 0.05) is 31.8 Å². The number of aliphatic carboxylic acids is 1. The van der Waals surface area contributed by atoms with E-state index in [1.165, 1.54) is 32.2 Å². The van der Waals surface area contributed by atoms with Gasteiger partial charge in [-0.15, -0.1) is 11.3 Å². The highest BCUT2D eigenvalue weighted by Gasteiger charge is 2.60. The molecule has 4 rings (SSSR count). The van der Waals surface area contributed by atoms with Gasteiger partial charge in [-0.2, -0.15) is 0 Å². The van der Waals surface area contributed by atoms with E-state index in [0.717, 1.165) is 15.6 Å². The molecule has 0 spiro atoms. The maximum atomic E-state index is 12.5. The standard InChI is InChI=1S/C17H20N4O6S2/c1-7-10(13(17(24)25)21-12(7)11(8(2)22)15(21)23)9-5-20-6-18-14(16(20)28-9)29(26,27)19(3)4/h5-8,11-12,22H,1-4H3,(H,24,25)/t7-,8?,11+,12+/m0/s1. The Balaban J connectivity index is 1.86. The minimum Gasteiger partial charge on any atom is -0.477 e. The summed E-state index contributed by atoms with van der Waals surface area (Å²) in [5.74, 6) is -2.63. The highest BCUT2D eigenvalue weighted by Crippen LogP contribution is 2.51. The SMILES string of the molecule is CC(O)[C@H]1C(=O)N2C(C(=O)O)=C(c3cn4cnc(S(=O)(=O)N(C)C)c4s3)[C@H](C)[C@H]12. The molecular formula is C17H20N4O6S2. The molecule has 10 nitrogen and oxygen atoms in total. The Labute approximate surface area is 170 Å². The Bertz CT molecular complexity index is 1180. The number of aliphatic hydroxyl groups excluding tert-OH is 1. The van der Waals surface area contributed by atoms with Crippen molar-refractivity contribution in [2.75, 3.05) is 14.1 Å². The molecule has 2 aliphatic rings. The predicted molar refractivity (Wildman–Crippen MR) is 103 cm³/mol. The number of imidazole rings is 1. The van der Waals surface area contributed by atoms with Crippen molar-refractivity contribution in [3.63, 3.8) is 0 Å². The number of nitrogens with zero attached hydrogens (tertiary/aromatic N) is 4. The lowest BCUT2D eigenvalue weighted by Crippen LogP contribution is -2.63. The van der Waals surface area contributed by atoms with E-state index in [1.807, 2.05) is 6.92 Å². The maximum Gasteiger partial charge on any atom is 0.352 e. The van der Waals surface area contributed by atoms with Crippen LogP contribution in [0.2, 0.25) is 0 Å². The van der Waals surface area contributed by atoms with Crippen LogP contribution in [0.1, 0.15) is 18.7 Å². The van der Waals surface area contributed by atoms with Crippen LogP contribution in [0.3, 0.4) is 0 Å². The lowest BCUT2D eigenvalue weighted by Gasteiger charge is -2.46. The summed E-state index contributed by atoms with van der Waals surface area (Å²) in [4.78, 5) is 30.6. The third kappa shape index (κ3) is 2.59. The monoisotopic (exact) mass is 440 g/mol.